The highest BCUT2D eigenvalue weighted by Crippen LogP contribution is 2.33. The van der Waals surface area contributed by atoms with Gasteiger partial charge >= 0.3 is 0 Å². The number of rotatable bonds is 1. The number of benzene rings is 1. The summed E-state index contributed by atoms with van der Waals surface area (Å²) in [6.07, 6.45) is 5.86. The summed E-state index contributed by atoms with van der Waals surface area (Å²) >= 11 is 0. The van der Waals surface area contributed by atoms with Gasteiger partial charge in [-0.15, -0.1) is 0 Å². The van der Waals surface area contributed by atoms with Crippen LogP contribution in [0.15, 0.2) is 33.5 Å². The minimum absolute atomic E-state index is 0.0168. The van der Waals surface area contributed by atoms with Crippen LogP contribution in [-0.2, 0) is 0 Å². The van der Waals surface area contributed by atoms with Crippen molar-refractivity contribution in [2.75, 3.05) is 0 Å². The summed E-state index contributed by atoms with van der Waals surface area (Å²) < 4.78 is 5.80. The highest BCUT2D eigenvalue weighted by molar-refractivity contribution is 5.77. The van der Waals surface area contributed by atoms with E-state index in [0.717, 1.165) is 18.6 Å². The Bertz CT molecular complexity index is 621. The highest BCUT2D eigenvalue weighted by Gasteiger charge is 2.19. The highest BCUT2D eigenvalue weighted by atomic mass is 16.3. The summed E-state index contributed by atoms with van der Waals surface area (Å²) in [5.74, 6) is 1.27. The molecule has 94 valence electrons. The summed E-state index contributed by atoms with van der Waals surface area (Å²) in [7, 11) is 0. The van der Waals surface area contributed by atoms with E-state index in [1.165, 1.54) is 31.4 Å². The fourth-order valence-electron chi connectivity index (χ4n) is 2.75. The molecule has 0 bridgehead atoms. The minimum Gasteiger partial charge on any atom is -0.508 e. The van der Waals surface area contributed by atoms with Gasteiger partial charge in [0.25, 0.3) is 0 Å². The first-order valence-corrected chi connectivity index (χ1v) is 6.51. The molecule has 3 nitrogen and oxygen atoms in total. The lowest BCUT2D eigenvalue weighted by molar-refractivity contribution is 0.379. The lowest BCUT2D eigenvalue weighted by Crippen LogP contribution is -2.09. The molecule has 1 aliphatic carbocycles. The molecule has 1 N–H and O–H groups in total. The van der Waals surface area contributed by atoms with Crippen LogP contribution < -0.4 is 5.43 Å². The maximum absolute atomic E-state index is 12.0. The van der Waals surface area contributed by atoms with E-state index >= 15 is 0 Å². The van der Waals surface area contributed by atoms with E-state index in [4.69, 9.17) is 4.42 Å². The third kappa shape index (κ3) is 2.01. The van der Waals surface area contributed by atoms with Gasteiger partial charge in [0.05, 0.1) is 5.39 Å². The number of phenols is 1. The first-order chi connectivity index (χ1) is 8.74. The fraction of sp³-hybridized carbons (Fsp3) is 0.400. The molecule has 3 heteroatoms. The Morgan fingerprint density at radius 1 is 1.11 bits per heavy atom. The van der Waals surface area contributed by atoms with Crippen LogP contribution in [0.1, 0.15) is 43.8 Å². The average Bonchev–Trinajstić information content (AvgIpc) is 2.39. The van der Waals surface area contributed by atoms with E-state index in [9.17, 15) is 9.90 Å². The molecule has 0 saturated heterocycles. The molecule has 1 aromatic heterocycles. The van der Waals surface area contributed by atoms with Crippen molar-refractivity contribution in [3.63, 3.8) is 0 Å². The Morgan fingerprint density at radius 2 is 1.89 bits per heavy atom. The third-order valence-corrected chi connectivity index (χ3v) is 3.74. The number of fused-ring (bicyclic) bond motifs is 1. The second-order valence-corrected chi connectivity index (χ2v) is 5.03. The average molecular weight is 244 g/mol. The molecule has 0 unspecified atom stereocenters. The van der Waals surface area contributed by atoms with Gasteiger partial charge in [-0.3, -0.25) is 4.79 Å². The zero-order chi connectivity index (χ0) is 12.5. The molecule has 0 spiro atoms. The van der Waals surface area contributed by atoms with Gasteiger partial charge in [-0.1, -0.05) is 19.3 Å². The van der Waals surface area contributed by atoms with Crippen LogP contribution in [0.5, 0.6) is 5.75 Å². The largest absolute Gasteiger partial charge is 0.508 e. The van der Waals surface area contributed by atoms with Gasteiger partial charge in [0, 0.05) is 18.1 Å². The molecule has 0 aliphatic heterocycles. The molecule has 0 amide bonds. The van der Waals surface area contributed by atoms with Crippen molar-refractivity contribution < 1.29 is 9.52 Å². The fourth-order valence-corrected chi connectivity index (χ4v) is 2.75. The van der Waals surface area contributed by atoms with Crippen molar-refractivity contribution in [2.24, 2.45) is 0 Å². The standard InChI is InChI=1S/C15H16O3/c16-11-6-7-12-13(17)9-14(18-15(12)8-11)10-4-2-1-3-5-10/h6-10,16H,1-5H2. The van der Waals surface area contributed by atoms with Gasteiger partial charge in [0.1, 0.15) is 17.1 Å². The smallest absolute Gasteiger partial charge is 0.192 e. The Kier molecular flexibility index (Phi) is 2.82. The summed E-state index contributed by atoms with van der Waals surface area (Å²) in [6, 6.07) is 6.26. The van der Waals surface area contributed by atoms with Crippen LogP contribution in [0.25, 0.3) is 11.0 Å². The van der Waals surface area contributed by atoms with Crippen molar-refractivity contribution in [1.29, 1.82) is 0 Å². The molecule has 1 saturated carbocycles. The second kappa shape index (κ2) is 4.48. The summed E-state index contributed by atoms with van der Waals surface area (Å²) in [6.45, 7) is 0. The minimum atomic E-state index is -0.0168. The number of hydrogen-bond donors (Lipinski definition) is 1. The van der Waals surface area contributed by atoms with Gasteiger partial charge < -0.3 is 9.52 Å². The van der Waals surface area contributed by atoms with Crippen molar-refractivity contribution >= 4 is 11.0 Å². The molecule has 1 aliphatic rings. The summed E-state index contributed by atoms with van der Waals surface area (Å²) in [5.41, 5.74) is 0.472. The van der Waals surface area contributed by atoms with Gasteiger partial charge in [0.15, 0.2) is 5.43 Å². The van der Waals surface area contributed by atoms with E-state index in [1.54, 1.807) is 12.1 Å². The van der Waals surface area contributed by atoms with Crippen LogP contribution in [0.3, 0.4) is 0 Å². The van der Waals surface area contributed by atoms with Gasteiger partial charge in [0.2, 0.25) is 0 Å². The van der Waals surface area contributed by atoms with Crippen LogP contribution in [0.2, 0.25) is 0 Å². The molecule has 0 atom stereocenters. The lowest BCUT2D eigenvalue weighted by Gasteiger charge is -2.20. The van der Waals surface area contributed by atoms with E-state index in [-0.39, 0.29) is 11.2 Å². The molecule has 3 rings (SSSR count). The summed E-state index contributed by atoms with van der Waals surface area (Å²) in [4.78, 5) is 12.0. The molecular formula is C15H16O3. The molecule has 1 aromatic carbocycles. The van der Waals surface area contributed by atoms with Crippen molar-refractivity contribution in [3.8, 4) is 5.75 Å². The second-order valence-electron chi connectivity index (χ2n) is 5.03. The quantitative estimate of drug-likeness (QED) is 0.834. The Balaban J connectivity index is 2.10. The normalized spacial score (nSPS) is 17.1. The molecule has 1 heterocycles. The molecule has 18 heavy (non-hydrogen) atoms. The van der Waals surface area contributed by atoms with Crippen LogP contribution in [0.4, 0.5) is 0 Å². The Hall–Kier alpha value is -1.77. The van der Waals surface area contributed by atoms with E-state index in [0.29, 0.717) is 16.9 Å². The molecular weight excluding hydrogens is 228 g/mol. The Morgan fingerprint density at radius 3 is 2.67 bits per heavy atom. The van der Waals surface area contributed by atoms with Crippen molar-refractivity contribution in [3.05, 3.63) is 40.2 Å². The predicted octanol–water partition coefficient (Wildman–Crippen LogP) is 3.55. The number of aromatic hydroxyl groups is 1. The summed E-state index contributed by atoms with van der Waals surface area (Å²) in [5, 5.41) is 9.99. The zero-order valence-electron chi connectivity index (χ0n) is 10.2. The maximum atomic E-state index is 12.0. The van der Waals surface area contributed by atoms with Crippen LogP contribution in [-0.4, -0.2) is 5.11 Å². The van der Waals surface area contributed by atoms with Gasteiger partial charge in [-0.05, 0) is 25.0 Å². The zero-order valence-corrected chi connectivity index (χ0v) is 10.2. The van der Waals surface area contributed by atoms with E-state index in [1.807, 2.05) is 0 Å². The van der Waals surface area contributed by atoms with Crippen molar-refractivity contribution in [1.82, 2.24) is 0 Å². The third-order valence-electron chi connectivity index (χ3n) is 3.74. The van der Waals surface area contributed by atoms with Crippen LogP contribution in [0, 0.1) is 0 Å². The monoisotopic (exact) mass is 244 g/mol. The molecule has 2 aromatic rings. The molecule has 0 radical (unpaired) electrons. The predicted molar refractivity (Wildman–Crippen MR) is 70.0 cm³/mol. The maximum Gasteiger partial charge on any atom is 0.192 e. The topological polar surface area (TPSA) is 50.4 Å². The Labute approximate surface area is 105 Å². The van der Waals surface area contributed by atoms with Gasteiger partial charge in [-0.2, -0.15) is 0 Å². The number of phenolic OH excluding ortho intramolecular Hbond substituents is 1. The molecule has 1 fully saturated rings. The first-order valence-electron chi connectivity index (χ1n) is 6.51. The van der Waals surface area contributed by atoms with Gasteiger partial charge in [-0.25, -0.2) is 0 Å². The first kappa shape index (κ1) is 11.3. The van der Waals surface area contributed by atoms with Crippen LogP contribution >= 0.6 is 0 Å². The number of hydrogen-bond acceptors (Lipinski definition) is 3. The van der Waals surface area contributed by atoms with E-state index < -0.39 is 0 Å². The lowest BCUT2D eigenvalue weighted by atomic mass is 9.87. The van der Waals surface area contributed by atoms with E-state index in [2.05, 4.69) is 0 Å². The SMILES string of the molecule is O=c1cc(C2CCCCC2)oc2cc(O)ccc12. The van der Waals surface area contributed by atoms with Crippen molar-refractivity contribution in [2.45, 2.75) is 38.0 Å².